The fourth-order valence-corrected chi connectivity index (χ4v) is 1.39. The van der Waals surface area contributed by atoms with Crippen LogP contribution in [0.4, 0.5) is 11.4 Å². The topological polar surface area (TPSA) is 67.6 Å². The van der Waals surface area contributed by atoms with Crippen molar-refractivity contribution in [3.8, 4) is 5.75 Å². The summed E-state index contributed by atoms with van der Waals surface area (Å²) in [6, 6.07) is 4.66. The van der Waals surface area contributed by atoms with Gasteiger partial charge < -0.3 is 15.0 Å². The zero-order valence-corrected chi connectivity index (χ0v) is 12.1. The van der Waals surface area contributed by atoms with Crippen molar-refractivity contribution in [2.45, 2.75) is 19.4 Å². The van der Waals surface area contributed by atoms with Crippen molar-refractivity contribution in [3.05, 3.63) is 28.3 Å². The van der Waals surface area contributed by atoms with Gasteiger partial charge in [-0.15, -0.1) is 0 Å². The van der Waals surface area contributed by atoms with Crippen LogP contribution in [0.2, 0.25) is 0 Å². The SMILES string of the molecule is COc1cc(NCC(C)(C)N(C)C)cc([N+](=O)[O-])c1. The molecule has 0 aliphatic rings. The van der Waals surface area contributed by atoms with Gasteiger partial charge in [0.25, 0.3) is 5.69 Å². The van der Waals surface area contributed by atoms with Crippen LogP contribution in [-0.4, -0.2) is 43.1 Å². The molecule has 1 rings (SSSR count). The molecule has 0 aromatic heterocycles. The summed E-state index contributed by atoms with van der Waals surface area (Å²) >= 11 is 0. The molecule has 1 N–H and O–H groups in total. The maximum Gasteiger partial charge on any atom is 0.275 e. The van der Waals surface area contributed by atoms with E-state index >= 15 is 0 Å². The van der Waals surface area contributed by atoms with Gasteiger partial charge in [0.05, 0.1) is 18.1 Å². The van der Waals surface area contributed by atoms with E-state index in [0.717, 1.165) is 0 Å². The second-order valence-corrected chi connectivity index (χ2v) is 5.24. The van der Waals surface area contributed by atoms with Crippen molar-refractivity contribution in [3.63, 3.8) is 0 Å². The van der Waals surface area contributed by atoms with Crippen molar-refractivity contribution in [1.82, 2.24) is 4.90 Å². The first kappa shape index (κ1) is 15.2. The molecule has 0 amide bonds. The monoisotopic (exact) mass is 267 g/mol. The lowest BCUT2D eigenvalue weighted by Gasteiger charge is -2.33. The van der Waals surface area contributed by atoms with Gasteiger partial charge in [-0.1, -0.05) is 0 Å². The van der Waals surface area contributed by atoms with Gasteiger partial charge in [0.15, 0.2) is 0 Å². The molecular formula is C13H21N3O3. The predicted octanol–water partition coefficient (Wildman–Crippen LogP) is 2.36. The Kier molecular flexibility index (Phi) is 4.72. The summed E-state index contributed by atoms with van der Waals surface area (Å²) in [5.74, 6) is 0.472. The van der Waals surface area contributed by atoms with Crippen LogP contribution in [-0.2, 0) is 0 Å². The van der Waals surface area contributed by atoms with Gasteiger partial charge in [-0.25, -0.2) is 0 Å². The number of hydrogen-bond acceptors (Lipinski definition) is 5. The Hall–Kier alpha value is -1.82. The molecule has 0 radical (unpaired) electrons. The number of methoxy groups -OCH3 is 1. The molecule has 0 saturated carbocycles. The summed E-state index contributed by atoms with van der Waals surface area (Å²) in [6.45, 7) is 4.85. The maximum absolute atomic E-state index is 10.8. The highest BCUT2D eigenvalue weighted by Gasteiger charge is 2.20. The molecule has 1 aromatic carbocycles. The quantitative estimate of drug-likeness (QED) is 0.633. The van der Waals surface area contributed by atoms with Crippen molar-refractivity contribution in [2.75, 3.05) is 33.1 Å². The highest BCUT2D eigenvalue weighted by molar-refractivity contribution is 5.56. The molecule has 0 saturated heterocycles. The van der Waals surface area contributed by atoms with Crippen LogP contribution in [0.1, 0.15) is 13.8 Å². The van der Waals surface area contributed by atoms with Crippen LogP contribution in [0.3, 0.4) is 0 Å². The predicted molar refractivity (Wildman–Crippen MR) is 75.9 cm³/mol. The zero-order valence-electron chi connectivity index (χ0n) is 12.1. The average molecular weight is 267 g/mol. The van der Waals surface area contributed by atoms with E-state index in [0.29, 0.717) is 18.0 Å². The molecule has 6 heteroatoms. The average Bonchev–Trinajstić information content (AvgIpc) is 2.35. The van der Waals surface area contributed by atoms with Crippen molar-refractivity contribution in [2.24, 2.45) is 0 Å². The number of anilines is 1. The van der Waals surface area contributed by atoms with Crippen LogP contribution >= 0.6 is 0 Å². The Morgan fingerprint density at radius 1 is 1.37 bits per heavy atom. The van der Waals surface area contributed by atoms with Gasteiger partial charge in [-0.2, -0.15) is 0 Å². The third kappa shape index (κ3) is 4.10. The Labute approximate surface area is 113 Å². The number of ether oxygens (including phenoxy) is 1. The van der Waals surface area contributed by atoms with Gasteiger partial charge in [0.2, 0.25) is 0 Å². The van der Waals surface area contributed by atoms with Gasteiger partial charge in [-0.3, -0.25) is 10.1 Å². The summed E-state index contributed by atoms with van der Waals surface area (Å²) in [5, 5.41) is 14.1. The molecule has 106 valence electrons. The van der Waals surface area contributed by atoms with Crippen LogP contribution in [0, 0.1) is 10.1 Å². The molecule has 0 bridgehead atoms. The number of nitro benzene ring substituents is 1. The fraction of sp³-hybridized carbons (Fsp3) is 0.538. The molecule has 6 nitrogen and oxygen atoms in total. The van der Waals surface area contributed by atoms with Crippen LogP contribution in [0.15, 0.2) is 18.2 Å². The van der Waals surface area contributed by atoms with Gasteiger partial charge in [0, 0.05) is 29.9 Å². The maximum atomic E-state index is 10.8. The third-order valence-electron chi connectivity index (χ3n) is 3.27. The number of hydrogen-bond donors (Lipinski definition) is 1. The van der Waals surface area contributed by atoms with E-state index in [1.807, 2.05) is 14.1 Å². The molecule has 0 fully saturated rings. The molecule has 0 atom stereocenters. The molecule has 0 spiro atoms. The van der Waals surface area contributed by atoms with E-state index in [4.69, 9.17) is 4.74 Å². The van der Waals surface area contributed by atoms with E-state index in [1.54, 1.807) is 6.07 Å². The third-order valence-corrected chi connectivity index (χ3v) is 3.27. The van der Waals surface area contributed by atoms with E-state index in [9.17, 15) is 10.1 Å². The molecule has 19 heavy (non-hydrogen) atoms. The second kappa shape index (κ2) is 5.88. The van der Waals surface area contributed by atoms with Crippen molar-refractivity contribution in [1.29, 1.82) is 0 Å². The molecule has 0 heterocycles. The first-order valence-corrected chi connectivity index (χ1v) is 6.01. The first-order chi connectivity index (χ1) is 8.76. The minimum Gasteiger partial charge on any atom is -0.496 e. The lowest BCUT2D eigenvalue weighted by molar-refractivity contribution is -0.384. The lowest BCUT2D eigenvalue weighted by atomic mass is 10.0. The molecular weight excluding hydrogens is 246 g/mol. The van der Waals surface area contributed by atoms with Gasteiger partial charge >= 0.3 is 0 Å². The van der Waals surface area contributed by atoms with Crippen LogP contribution in [0.5, 0.6) is 5.75 Å². The number of benzene rings is 1. The molecule has 0 aliphatic carbocycles. The molecule has 1 aromatic rings. The van der Waals surface area contributed by atoms with Crippen molar-refractivity contribution < 1.29 is 9.66 Å². The second-order valence-electron chi connectivity index (χ2n) is 5.24. The Bertz CT molecular complexity index is 458. The fourth-order valence-electron chi connectivity index (χ4n) is 1.39. The van der Waals surface area contributed by atoms with Gasteiger partial charge in [-0.05, 0) is 27.9 Å². The minimum atomic E-state index is -0.426. The zero-order chi connectivity index (χ0) is 14.6. The summed E-state index contributed by atoms with van der Waals surface area (Å²) in [4.78, 5) is 12.5. The van der Waals surface area contributed by atoms with E-state index in [-0.39, 0.29) is 11.2 Å². The Morgan fingerprint density at radius 3 is 2.47 bits per heavy atom. The van der Waals surface area contributed by atoms with Gasteiger partial charge in [0.1, 0.15) is 5.75 Å². The normalized spacial score (nSPS) is 11.5. The number of likely N-dealkylation sites (N-methyl/N-ethyl adjacent to an activating group) is 1. The minimum absolute atomic E-state index is 0.0181. The largest absolute Gasteiger partial charge is 0.496 e. The number of non-ortho nitro benzene ring substituents is 1. The number of nitrogens with zero attached hydrogens (tertiary/aromatic N) is 2. The number of rotatable bonds is 6. The highest BCUT2D eigenvalue weighted by Crippen LogP contribution is 2.26. The molecule has 0 unspecified atom stereocenters. The lowest BCUT2D eigenvalue weighted by Crippen LogP contribution is -2.44. The smallest absolute Gasteiger partial charge is 0.275 e. The van der Waals surface area contributed by atoms with Crippen LogP contribution in [0.25, 0.3) is 0 Å². The van der Waals surface area contributed by atoms with Crippen molar-refractivity contribution >= 4 is 11.4 Å². The first-order valence-electron chi connectivity index (χ1n) is 6.01. The number of nitrogens with one attached hydrogen (secondary N) is 1. The summed E-state index contributed by atoms with van der Waals surface area (Å²) in [5.41, 5.74) is 0.642. The van der Waals surface area contributed by atoms with E-state index in [2.05, 4.69) is 24.1 Å². The summed E-state index contributed by atoms with van der Waals surface area (Å²) in [7, 11) is 5.48. The number of nitro groups is 1. The van der Waals surface area contributed by atoms with Crippen LogP contribution < -0.4 is 10.1 Å². The molecule has 0 aliphatic heterocycles. The van der Waals surface area contributed by atoms with E-state index < -0.39 is 4.92 Å². The highest BCUT2D eigenvalue weighted by atomic mass is 16.6. The Morgan fingerprint density at radius 2 is 2.00 bits per heavy atom. The van der Waals surface area contributed by atoms with E-state index in [1.165, 1.54) is 19.2 Å². The Balaban J connectivity index is 2.89. The summed E-state index contributed by atoms with van der Waals surface area (Å²) < 4.78 is 5.07. The summed E-state index contributed by atoms with van der Waals surface area (Å²) in [6.07, 6.45) is 0. The standard InChI is InChI=1S/C13H21N3O3/c1-13(2,15(3)4)9-14-10-6-11(16(17)18)8-12(7-10)19-5/h6-8,14H,9H2,1-5H3.